The number of nitrogens with zero attached hydrogens (tertiary/aromatic N) is 3. The van der Waals surface area contributed by atoms with Crippen molar-refractivity contribution in [2.45, 2.75) is 6.54 Å². The summed E-state index contributed by atoms with van der Waals surface area (Å²) in [6, 6.07) is 24.3. The number of likely N-dealkylation sites (N-methyl/N-ethyl adjacent to an activating group) is 1. The fraction of sp³-hybridized carbons (Fsp3) is 0.194. The highest BCUT2D eigenvalue weighted by molar-refractivity contribution is 6.13. The van der Waals surface area contributed by atoms with Crippen molar-refractivity contribution in [3.8, 4) is 17.0 Å². The van der Waals surface area contributed by atoms with Gasteiger partial charge >= 0.3 is 0 Å². The molecule has 0 atom stereocenters. The van der Waals surface area contributed by atoms with Crippen LogP contribution < -0.4 is 10.2 Å². The number of para-hydroxylation sites is 1. The van der Waals surface area contributed by atoms with E-state index in [1.54, 1.807) is 41.8 Å². The van der Waals surface area contributed by atoms with Gasteiger partial charge in [0.05, 0.1) is 18.3 Å². The summed E-state index contributed by atoms with van der Waals surface area (Å²) in [5.41, 5.74) is 6.54. The number of H-pyrrole nitrogens is 1. The van der Waals surface area contributed by atoms with Crippen molar-refractivity contribution in [3.63, 3.8) is 0 Å². The minimum absolute atomic E-state index is 0.194. The quantitative estimate of drug-likeness (QED) is 0.185. The first-order chi connectivity index (χ1) is 19.4. The number of aromatic amines is 1. The van der Waals surface area contributed by atoms with E-state index in [4.69, 9.17) is 14.9 Å². The number of ether oxygens (including phenoxy) is 1. The second-order valence-corrected chi connectivity index (χ2v) is 9.85. The minimum Gasteiger partial charge on any atom is -0.497 e. The number of methoxy groups -OCH3 is 1. The van der Waals surface area contributed by atoms with Crippen molar-refractivity contribution in [1.29, 1.82) is 0 Å². The Hall–Kier alpha value is -4.73. The van der Waals surface area contributed by atoms with Crippen LogP contribution in [0.2, 0.25) is 0 Å². The molecule has 0 aliphatic rings. The third-order valence-corrected chi connectivity index (χ3v) is 6.87. The molecule has 2 heterocycles. The summed E-state index contributed by atoms with van der Waals surface area (Å²) in [4.78, 5) is 38.0. The van der Waals surface area contributed by atoms with Gasteiger partial charge in [0.15, 0.2) is 0 Å². The van der Waals surface area contributed by atoms with E-state index < -0.39 is 5.91 Å². The van der Waals surface area contributed by atoms with Crippen molar-refractivity contribution in [2.75, 3.05) is 34.3 Å². The molecule has 5 aromatic rings. The molecule has 40 heavy (non-hydrogen) atoms. The highest BCUT2D eigenvalue weighted by Crippen LogP contribution is 2.33. The van der Waals surface area contributed by atoms with Crippen LogP contribution in [0.25, 0.3) is 33.1 Å². The average Bonchev–Trinajstić information content (AvgIpc) is 3.37. The van der Waals surface area contributed by atoms with Crippen LogP contribution in [0.1, 0.15) is 26.4 Å². The first kappa shape index (κ1) is 26.9. The van der Waals surface area contributed by atoms with E-state index in [9.17, 15) is 9.59 Å². The SMILES string of the molecule is COc1ccc(-c2nc(C(=O)N(CCN(C)C)Cc3ccc(C(=O)NO)cc3)cc3c2[nH]c2ccccc23)cc1. The maximum absolute atomic E-state index is 14.1. The second kappa shape index (κ2) is 11.6. The molecule has 0 bridgehead atoms. The van der Waals surface area contributed by atoms with E-state index in [0.29, 0.717) is 36.6 Å². The van der Waals surface area contributed by atoms with Gasteiger partial charge in [0.25, 0.3) is 11.8 Å². The van der Waals surface area contributed by atoms with Gasteiger partial charge in [-0.25, -0.2) is 10.5 Å². The number of hydrogen-bond acceptors (Lipinski definition) is 6. The predicted octanol–water partition coefficient (Wildman–Crippen LogP) is 4.71. The predicted molar refractivity (Wildman–Crippen MR) is 155 cm³/mol. The largest absolute Gasteiger partial charge is 0.497 e. The van der Waals surface area contributed by atoms with Gasteiger partial charge in [-0.3, -0.25) is 14.8 Å². The van der Waals surface area contributed by atoms with Crippen LogP contribution in [0.4, 0.5) is 0 Å². The summed E-state index contributed by atoms with van der Waals surface area (Å²) in [5, 5.41) is 10.8. The van der Waals surface area contributed by atoms with Crippen LogP contribution in [0.5, 0.6) is 5.75 Å². The van der Waals surface area contributed by atoms with E-state index >= 15 is 0 Å². The minimum atomic E-state index is -0.589. The lowest BCUT2D eigenvalue weighted by Gasteiger charge is -2.25. The molecule has 5 rings (SSSR count). The van der Waals surface area contributed by atoms with Crippen molar-refractivity contribution in [3.05, 3.63) is 95.7 Å². The van der Waals surface area contributed by atoms with E-state index in [0.717, 1.165) is 38.7 Å². The molecular weight excluding hydrogens is 506 g/mol. The Morgan fingerprint density at radius 2 is 1.68 bits per heavy atom. The molecule has 0 radical (unpaired) electrons. The molecule has 9 heteroatoms. The number of pyridine rings is 1. The van der Waals surface area contributed by atoms with Gasteiger partial charge in [0.2, 0.25) is 0 Å². The van der Waals surface area contributed by atoms with E-state index in [1.807, 2.05) is 73.6 Å². The summed E-state index contributed by atoms with van der Waals surface area (Å²) in [6.07, 6.45) is 0. The number of aromatic nitrogens is 2. The van der Waals surface area contributed by atoms with E-state index in [1.165, 1.54) is 0 Å². The van der Waals surface area contributed by atoms with Gasteiger partial charge < -0.3 is 19.5 Å². The molecule has 3 N–H and O–H groups in total. The normalized spacial score (nSPS) is 11.2. The Balaban J connectivity index is 1.58. The third kappa shape index (κ3) is 5.51. The van der Waals surface area contributed by atoms with Crippen LogP contribution in [0.15, 0.2) is 78.9 Å². The standard InChI is InChI=1S/C31H31N5O4/c1-35(2)16-17-36(19-20-8-10-22(11-9-20)30(37)34-39)31(38)27-18-25-24-6-4-5-7-26(24)32-29(25)28(33-27)21-12-14-23(40-3)15-13-21/h4-15,18,32,39H,16-17,19H2,1-3H3,(H,34,37). The van der Waals surface area contributed by atoms with Crippen molar-refractivity contribution in [1.82, 2.24) is 25.2 Å². The number of hydrogen-bond donors (Lipinski definition) is 3. The summed E-state index contributed by atoms with van der Waals surface area (Å²) >= 11 is 0. The number of fused-ring (bicyclic) bond motifs is 3. The van der Waals surface area contributed by atoms with Gasteiger partial charge in [-0.15, -0.1) is 0 Å². The zero-order valence-electron chi connectivity index (χ0n) is 22.6. The number of carbonyl (C=O) groups is 2. The first-order valence-electron chi connectivity index (χ1n) is 12.9. The Labute approximate surface area is 232 Å². The molecular formula is C31H31N5O4. The highest BCUT2D eigenvalue weighted by Gasteiger charge is 2.22. The smallest absolute Gasteiger partial charge is 0.274 e. The number of carbonyl (C=O) groups excluding carboxylic acids is 2. The van der Waals surface area contributed by atoms with Crippen LogP contribution in [0, 0.1) is 0 Å². The molecule has 2 amide bonds. The second-order valence-electron chi connectivity index (χ2n) is 9.85. The fourth-order valence-electron chi connectivity index (χ4n) is 4.69. The Morgan fingerprint density at radius 1 is 0.950 bits per heavy atom. The Kier molecular flexibility index (Phi) is 7.77. The lowest BCUT2D eigenvalue weighted by atomic mass is 10.1. The topological polar surface area (TPSA) is 111 Å². The molecule has 2 aromatic heterocycles. The number of nitrogens with one attached hydrogen (secondary N) is 2. The van der Waals surface area contributed by atoms with Crippen LogP contribution >= 0.6 is 0 Å². The monoisotopic (exact) mass is 537 g/mol. The molecule has 204 valence electrons. The van der Waals surface area contributed by atoms with E-state index in [-0.39, 0.29) is 5.91 Å². The number of benzene rings is 3. The first-order valence-corrected chi connectivity index (χ1v) is 12.9. The van der Waals surface area contributed by atoms with Gasteiger partial charge in [0.1, 0.15) is 11.4 Å². The highest BCUT2D eigenvalue weighted by atomic mass is 16.5. The fourth-order valence-corrected chi connectivity index (χ4v) is 4.69. The lowest BCUT2D eigenvalue weighted by molar-refractivity contribution is 0.0703. The van der Waals surface area contributed by atoms with Crippen molar-refractivity contribution >= 4 is 33.6 Å². The van der Waals surface area contributed by atoms with Crippen molar-refractivity contribution in [2.24, 2.45) is 0 Å². The van der Waals surface area contributed by atoms with Gasteiger partial charge in [-0.1, -0.05) is 30.3 Å². The third-order valence-electron chi connectivity index (χ3n) is 6.87. The summed E-state index contributed by atoms with van der Waals surface area (Å²) < 4.78 is 5.34. The molecule has 0 aliphatic heterocycles. The number of amides is 2. The molecule has 9 nitrogen and oxygen atoms in total. The Bertz CT molecular complexity index is 1660. The Morgan fingerprint density at radius 3 is 2.35 bits per heavy atom. The number of hydroxylamine groups is 1. The summed E-state index contributed by atoms with van der Waals surface area (Å²) in [5.74, 6) is -0.0448. The van der Waals surface area contributed by atoms with Crippen LogP contribution in [-0.2, 0) is 6.54 Å². The molecule has 0 aliphatic carbocycles. The van der Waals surface area contributed by atoms with Gasteiger partial charge in [-0.05, 0) is 68.2 Å². The van der Waals surface area contributed by atoms with Gasteiger partial charge in [0, 0.05) is 47.1 Å². The lowest BCUT2D eigenvalue weighted by Crippen LogP contribution is -2.36. The maximum atomic E-state index is 14.1. The average molecular weight is 538 g/mol. The molecule has 0 spiro atoms. The van der Waals surface area contributed by atoms with Gasteiger partial charge in [-0.2, -0.15) is 0 Å². The molecule has 0 fully saturated rings. The van der Waals surface area contributed by atoms with Crippen LogP contribution in [0.3, 0.4) is 0 Å². The summed E-state index contributed by atoms with van der Waals surface area (Å²) in [6.45, 7) is 1.48. The molecule has 3 aromatic carbocycles. The maximum Gasteiger partial charge on any atom is 0.274 e. The van der Waals surface area contributed by atoms with Crippen LogP contribution in [-0.4, -0.2) is 71.1 Å². The zero-order chi connectivity index (χ0) is 28.2. The van der Waals surface area contributed by atoms with Crippen molar-refractivity contribution < 1.29 is 19.5 Å². The molecule has 0 saturated heterocycles. The molecule has 0 saturated carbocycles. The molecule has 0 unspecified atom stereocenters. The van der Waals surface area contributed by atoms with E-state index in [2.05, 4.69) is 4.98 Å². The summed E-state index contributed by atoms with van der Waals surface area (Å²) in [7, 11) is 5.55. The number of rotatable bonds is 9. The zero-order valence-corrected chi connectivity index (χ0v) is 22.6.